The molecule has 0 aliphatic carbocycles. The first-order chi connectivity index (χ1) is 5.60. The third-order valence-electron chi connectivity index (χ3n) is 1.36. The van der Waals surface area contributed by atoms with Gasteiger partial charge in [0.05, 0.1) is 17.3 Å². The van der Waals surface area contributed by atoms with Gasteiger partial charge in [-0.2, -0.15) is 25.3 Å². The van der Waals surface area contributed by atoms with Crippen LogP contribution in [0.2, 0.25) is 0 Å². The van der Waals surface area contributed by atoms with E-state index in [1.165, 1.54) is 11.8 Å². The summed E-state index contributed by atoms with van der Waals surface area (Å²) in [5, 5.41) is 26.6. The zero-order valence-electron chi connectivity index (χ0n) is 6.55. The fraction of sp³-hybridized carbons (Fsp3) is 1.00. The standard InChI is InChI=1S/C6H14O3S3/c7-1-2-12-6(11,4-10)5(9)3-8/h5,7-11H,1-4H2/t5-,6-/m1/s1. The van der Waals surface area contributed by atoms with Crippen LogP contribution in [-0.2, 0) is 0 Å². The molecule has 0 saturated carbocycles. The molecular weight excluding hydrogens is 216 g/mol. The summed E-state index contributed by atoms with van der Waals surface area (Å²) in [6.07, 6.45) is -0.921. The fourth-order valence-corrected chi connectivity index (χ4v) is 2.26. The summed E-state index contributed by atoms with van der Waals surface area (Å²) in [6, 6.07) is 0. The molecule has 0 aromatic heterocycles. The van der Waals surface area contributed by atoms with Gasteiger partial charge in [0.1, 0.15) is 6.10 Å². The highest BCUT2D eigenvalue weighted by molar-refractivity contribution is 8.12. The molecule has 2 atom stereocenters. The van der Waals surface area contributed by atoms with Crippen LogP contribution in [0, 0.1) is 0 Å². The predicted octanol–water partition coefficient (Wildman–Crippen LogP) is -0.379. The summed E-state index contributed by atoms with van der Waals surface area (Å²) in [5.41, 5.74) is 0. The molecule has 74 valence electrons. The van der Waals surface area contributed by atoms with Crippen LogP contribution < -0.4 is 0 Å². The Morgan fingerprint density at radius 2 is 2.00 bits per heavy atom. The van der Waals surface area contributed by atoms with Crippen LogP contribution in [-0.4, -0.2) is 50.2 Å². The fourth-order valence-electron chi connectivity index (χ4n) is 0.612. The lowest BCUT2D eigenvalue weighted by atomic mass is 10.3. The molecule has 0 aromatic carbocycles. The SMILES string of the molecule is OCCS[C@](S)(CS)[C@H](O)CO. The minimum Gasteiger partial charge on any atom is -0.396 e. The van der Waals surface area contributed by atoms with Gasteiger partial charge in [0, 0.05) is 11.5 Å². The van der Waals surface area contributed by atoms with Crippen LogP contribution in [0.4, 0.5) is 0 Å². The number of aliphatic hydroxyl groups excluding tert-OH is 3. The maximum atomic E-state index is 9.33. The van der Waals surface area contributed by atoms with Crippen molar-refractivity contribution in [1.29, 1.82) is 0 Å². The van der Waals surface area contributed by atoms with Gasteiger partial charge >= 0.3 is 0 Å². The van der Waals surface area contributed by atoms with Gasteiger partial charge in [-0.25, -0.2) is 0 Å². The van der Waals surface area contributed by atoms with E-state index in [1.54, 1.807) is 0 Å². The van der Waals surface area contributed by atoms with Crippen molar-refractivity contribution >= 4 is 37.0 Å². The molecule has 12 heavy (non-hydrogen) atoms. The molecule has 0 bridgehead atoms. The van der Waals surface area contributed by atoms with Crippen molar-refractivity contribution in [2.75, 3.05) is 24.7 Å². The van der Waals surface area contributed by atoms with Crippen LogP contribution >= 0.6 is 37.0 Å². The molecule has 0 heterocycles. The first-order valence-electron chi connectivity index (χ1n) is 3.47. The van der Waals surface area contributed by atoms with E-state index >= 15 is 0 Å². The second-order valence-electron chi connectivity index (χ2n) is 2.27. The summed E-state index contributed by atoms with van der Waals surface area (Å²) in [7, 11) is 0. The lowest BCUT2D eigenvalue weighted by Gasteiger charge is -2.29. The molecule has 0 aliphatic heterocycles. The first kappa shape index (κ1) is 12.9. The van der Waals surface area contributed by atoms with E-state index in [0.29, 0.717) is 11.5 Å². The molecule has 0 rings (SSSR count). The predicted molar refractivity (Wildman–Crippen MR) is 58.2 cm³/mol. The zero-order chi connectivity index (χ0) is 9.61. The Hall–Kier alpha value is 0.930. The van der Waals surface area contributed by atoms with Crippen molar-refractivity contribution in [3.05, 3.63) is 0 Å². The minimum atomic E-state index is -0.921. The maximum Gasteiger partial charge on any atom is 0.101 e. The highest BCUT2D eigenvalue weighted by Crippen LogP contribution is 2.34. The Morgan fingerprint density at radius 3 is 2.33 bits per heavy atom. The molecular formula is C6H14O3S3. The zero-order valence-corrected chi connectivity index (χ0v) is 9.16. The highest BCUT2D eigenvalue weighted by atomic mass is 32.2. The lowest BCUT2D eigenvalue weighted by molar-refractivity contribution is 0.0908. The van der Waals surface area contributed by atoms with Crippen LogP contribution in [0.15, 0.2) is 0 Å². The van der Waals surface area contributed by atoms with E-state index in [-0.39, 0.29) is 13.2 Å². The third-order valence-corrected chi connectivity index (χ3v) is 4.47. The minimum absolute atomic E-state index is 0.0267. The van der Waals surface area contributed by atoms with E-state index in [2.05, 4.69) is 25.3 Å². The lowest BCUT2D eigenvalue weighted by Crippen LogP contribution is -2.38. The van der Waals surface area contributed by atoms with Crippen LogP contribution in [0.25, 0.3) is 0 Å². The maximum absolute atomic E-state index is 9.33. The van der Waals surface area contributed by atoms with E-state index in [4.69, 9.17) is 10.2 Å². The monoisotopic (exact) mass is 230 g/mol. The second-order valence-corrected chi connectivity index (χ2v) is 5.12. The second kappa shape index (κ2) is 6.39. The normalized spacial score (nSPS) is 18.8. The van der Waals surface area contributed by atoms with Crippen molar-refractivity contribution in [1.82, 2.24) is 0 Å². The summed E-state index contributed by atoms with van der Waals surface area (Å²) in [5.74, 6) is 0.809. The molecule has 0 spiro atoms. The Morgan fingerprint density at radius 1 is 1.42 bits per heavy atom. The van der Waals surface area contributed by atoms with Crippen molar-refractivity contribution in [3.63, 3.8) is 0 Å². The van der Waals surface area contributed by atoms with Crippen molar-refractivity contribution in [2.45, 2.75) is 10.2 Å². The Balaban J connectivity index is 4.03. The Labute approximate surface area is 87.4 Å². The molecule has 0 fully saturated rings. The molecule has 0 aliphatic rings. The van der Waals surface area contributed by atoms with Crippen molar-refractivity contribution < 1.29 is 15.3 Å². The van der Waals surface area contributed by atoms with E-state index in [1.807, 2.05) is 0 Å². The molecule has 0 saturated heterocycles. The number of thiol groups is 2. The Kier molecular flexibility index (Phi) is 6.89. The van der Waals surface area contributed by atoms with Gasteiger partial charge in [-0.1, -0.05) is 0 Å². The third kappa shape index (κ3) is 3.76. The van der Waals surface area contributed by atoms with Gasteiger partial charge in [0.15, 0.2) is 0 Å². The molecule has 3 nitrogen and oxygen atoms in total. The number of thioether (sulfide) groups is 1. The van der Waals surface area contributed by atoms with Crippen molar-refractivity contribution in [3.8, 4) is 0 Å². The highest BCUT2D eigenvalue weighted by Gasteiger charge is 2.32. The largest absolute Gasteiger partial charge is 0.396 e. The molecule has 0 unspecified atom stereocenters. The molecule has 0 aromatic rings. The first-order valence-corrected chi connectivity index (χ1v) is 5.54. The average Bonchev–Trinajstić information content (AvgIpc) is 2.12. The van der Waals surface area contributed by atoms with Crippen molar-refractivity contribution in [2.24, 2.45) is 0 Å². The Bertz CT molecular complexity index is 125. The van der Waals surface area contributed by atoms with Gasteiger partial charge in [-0.15, -0.1) is 11.8 Å². The van der Waals surface area contributed by atoms with E-state index in [9.17, 15) is 5.11 Å². The van der Waals surface area contributed by atoms with Gasteiger partial charge in [-0.05, 0) is 0 Å². The molecule has 3 N–H and O–H groups in total. The summed E-state index contributed by atoms with van der Waals surface area (Å²) < 4.78 is -0.777. The summed E-state index contributed by atoms with van der Waals surface area (Å²) >= 11 is 9.49. The quantitative estimate of drug-likeness (QED) is 0.319. The number of hydrogen-bond donors (Lipinski definition) is 5. The number of rotatable bonds is 6. The van der Waals surface area contributed by atoms with E-state index < -0.39 is 10.2 Å². The van der Waals surface area contributed by atoms with Crippen LogP contribution in [0.1, 0.15) is 0 Å². The van der Waals surface area contributed by atoms with E-state index in [0.717, 1.165) is 0 Å². The van der Waals surface area contributed by atoms with Crippen LogP contribution in [0.3, 0.4) is 0 Å². The van der Waals surface area contributed by atoms with Gasteiger partial charge < -0.3 is 15.3 Å². The average molecular weight is 230 g/mol. The number of aliphatic hydroxyl groups is 3. The topological polar surface area (TPSA) is 60.7 Å². The van der Waals surface area contributed by atoms with Crippen LogP contribution in [0.5, 0.6) is 0 Å². The summed E-state index contributed by atoms with van der Waals surface area (Å²) in [4.78, 5) is 0. The molecule has 0 radical (unpaired) electrons. The molecule has 0 amide bonds. The van der Waals surface area contributed by atoms with Gasteiger partial charge in [0.2, 0.25) is 0 Å². The van der Waals surface area contributed by atoms with Gasteiger partial charge in [-0.3, -0.25) is 0 Å². The number of hydrogen-bond acceptors (Lipinski definition) is 6. The molecule has 6 heteroatoms. The smallest absolute Gasteiger partial charge is 0.101 e. The summed E-state index contributed by atoms with van der Waals surface area (Å²) in [6.45, 7) is -0.318. The van der Waals surface area contributed by atoms with Gasteiger partial charge in [0.25, 0.3) is 0 Å².